The Morgan fingerprint density at radius 1 is 1.15 bits per heavy atom. The zero-order valence-electron chi connectivity index (χ0n) is 38.6. The fourth-order valence-electron chi connectivity index (χ4n) is 4.01. The fourth-order valence-corrected chi connectivity index (χ4v) is 4.01. The van der Waals surface area contributed by atoms with E-state index >= 15 is 0 Å². The fraction of sp³-hybridized carbons (Fsp3) is 0.303. The summed E-state index contributed by atoms with van der Waals surface area (Å²) in [7, 11) is 2.79. The number of carbonyl (C=O) groups excluding carboxylic acids is 3. The molecule has 41 heavy (non-hydrogen) atoms. The van der Waals surface area contributed by atoms with E-state index in [1.54, 1.807) is 30.3 Å². The van der Waals surface area contributed by atoms with Gasteiger partial charge in [-0.05, 0) is 61.3 Å². The summed E-state index contributed by atoms with van der Waals surface area (Å²) in [4.78, 5) is 40.5. The van der Waals surface area contributed by atoms with Crippen LogP contribution >= 0.6 is 0 Å². The minimum absolute atomic E-state index is 0.0199. The molecule has 2 amide bonds. The molecule has 3 aromatic carbocycles. The molecule has 1 unspecified atom stereocenters. The number of amides is 2. The van der Waals surface area contributed by atoms with E-state index < -0.39 is 110 Å². The highest BCUT2D eigenvalue weighted by Gasteiger charge is 2.29. The molecule has 2 aliphatic rings. The highest BCUT2D eigenvalue weighted by atomic mass is 16.5. The van der Waals surface area contributed by atoms with E-state index in [0.29, 0.717) is 15.4 Å². The van der Waals surface area contributed by atoms with Crippen molar-refractivity contribution < 1.29 is 41.1 Å². The van der Waals surface area contributed by atoms with Crippen LogP contribution in [0.5, 0.6) is 0 Å². The van der Waals surface area contributed by atoms with Crippen LogP contribution in [0.3, 0.4) is 0 Å². The molecule has 1 N–H and O–H groups in total. The predicted molar refractivity (Wildman–Crippen MR) is 162 cm³/mol. The summed E-state index contributed by atoms with van der Waals surface area (Å²) in [5, 5.41) is 2.45. The smallest absolute Gasteiger partial charge is 0.337 e. The summed E-state index contributed by atoms with van der Waals surface area (Å²) in [6.45, 7) is -13.2. The lowest BCUT2D eigenvalue weighted by atomic mass is 9.90. The van der Waals surface area contributed by atoms with Gasteiger partial charge in [0.2, 0.25) is 5.91 Å². The third-order valence-electron chi connectivity index (χ3n) is 6.31. The molecule has 0 aliphatic carbocycles. The van der Waals surface area contributed by atoms with Crippen LogP contribution in [0.15, 0.2) is 72.6 Å². The molecule has 1 saturated heterocycles. The zero-order valence-corrected chi connectivity index (χ0v) is 22.6. The first-order chi connectivity index (χ1) is 26.1. The largest absolute Gasteiger partial charge is 0.465 e. The number of carbonyl (C=O) groups is 3. The number of rotatable bonds is 7. The summed E-state index contributed by atoms with van der Waals surface area (Å²) >= 11 is 0. The molecular weight excluding hydrogens is 516 g/mol. The number of esters is 1. The van der Waals surface area contributed by atoms with Gasteiger partial charge in [0.15, 0.2) is 0 Å². The van der Waals surface area contributed by atoms with Gasteiger partial charge in [-0.15, -0.1) is 0 Å². The number of nitrogens with one attached hydrogen (secondary N) is 1. The Labute approximate surface area is 263 Å². The number of allylic oxidation sites excluding steroid dienone is 1. The molecule has 8 heteroatoms. The van der Waals surface area contributed by atoms with E-state index in [9.17, 15) is 14.4 Å². The average Bonchev–Trinajstić information content (AvgIpc) is 3.48. The average molecular weight is 569 g/mol. The van der Waals surface area contributed by atoms with Crippen molar-refractivity contribution in [2.75, 3.05) is 57.4 Å². The number of methoxy groups -OCH3 is 1. The van der Waals surface area contributed by atoms with Crippen molar-refractivity contribution in [1.82, 2.24) is 9.80 Å². The molecule has 3 aromatic rings. The van der Waals surface area contributed by atoms with Crippen LogP contribution in [-0.4, -0.2) is 80.8 Å². The number of hydrogen-bond acceptors (Lipinski definition) is 6. The second kappa shape index (κ2) is 12.1. The summed E-state index contributed by atoms with van der Waals surface area (Å²) in [5.74, 6) is -3.78. The van der Waals surface area contributed by atoms with Crippen LogP contribution in [0.2, 0.25) is 0 Å². The first-order valence-electron chi connectivity index (χ1n) is 20.3. The van der Waals surface area contributed by atoms with Crippen molar-refractivity contribution in [1.29, 1.82) is 0 Å². The molecular formula is C33H36N4O4. The van der Waals surface area contributed by atoms with Crippen LogP contribution in [0.25, 0.3) is 11.1 Å². The summed E-state index contributed by atoms with van der Waals surface area (Å²) < 4.78 is 143. The highest BCUT2D eigenvalue weighted by molar-refractivity contribution is 6.37. The van der Waals surface area contributed by atoms with Gasteiger partial charge in [-0.25, -0.2) is 4.79 Å². The second-order valence-electron chi connectivity index (χ2n) is 8.96. The monoisotopic (exact) mass is 568 g/mol. The van der Waals surface area contributed by atoms with Gasteiger partial charge in [-0.3, -0.25) is 14.5 Å². The molecule has 5 rings (SSSR count). The molecule has 212 valence electrons. The van der Waals surface area contributed by atoms with Crippen molar-refractivity contribution in [2.24, 2.45) is 0 Å². The van der Waals surface area contributed by atoms with Crippen molar-refractivity contribution in [2.45, 2.75) is 19.4 Å². The highest BCUT2D eigenvalue weighted by Crippen LogP contribution is 2.39. The van der Waals surface area contributed by atoms with Gasteiger partial charge in [-0.1, -0.05) is 48.5 Å². The van der Waals surface area contributed by atoms with Gasteiger partial charge in [0.1, 0.15) is 0 Å². The molecule has 1 atom stereocenters. The maximum atomic E-state index is 14.0. The summed E-state index contributed by atoms with van der Waals surface area (Å²) in [5.41, 5.74) is -2.22. The first kappa shape index (κ1) is 14.6. The normalized spacial score (nSPS) is 29.9. The maximum Gasteiger partial charge on any atom is 0.337 e. The van der Waals surface area contributed by atoms with Crippen molar-refractivity contribution >= 4 is 40.3 Å². The number of fused-ring (bicyclic) bond motifs is 1. The lowest BCUT2D eigenvalue weighted by Gasteiger charge is -2.37. The topological polar surface area (TPSA) is 82.2 Å². The zero-order chi connectivity index (χ0) is 43.3. The second-order valence-corrected chi connectivity index (χ2v) is 8.96. The quantitative estimate of drug-likeness (QED) is 0.340. The van der Waals surface area contributed by atoms with Crippen LogP contribution in [-0.2, 0) is 20.7 Å². The summed E-state index contributed by atoms with van der Waals surface area (Å²) in [6.07, 6.45) is -0.557. The Morgan fingerprint density at radius 2 is 1.88 bits per heavy atom. The minimum atomic E-state index is -3.82. The molecule has 0 saturated carbocycles. The van der Waals surface area contributed by atoms with E-state index in [-0.39, 0.29) is 32.9 Å². The lowest BCUT2D eigenvalue weighted by Crippen LogP contribution is -2.52. The van der Waals surface area contributed by atoms with E-state index in [1.165, 1.54) is 0 Å². The van der Waals surface area contributed by atoms with Crippen molar-refractivity contribution in [3.05, 3.63) is 94.9 Å². The van der Waals surface area contributed by atoms with Gasteiger partial charge < -0.3 is 19.9 Å². The Bertz CT molecular complexity index is 2210. The third kappa shape index (κ3) is 6.09. The van der Waals surface area contributed by atoms with Gasteiger partial charge in [0.25, 0.3) is 5.91 Å². The standard InChI is InChI=1S/C33H36N4O4/c1-22-20-37(17-16-35(22)2)21-30(38)36(3)26-13-10-23(11-14-26)18-28(24-8-6-5-7-9-24)31-27-15-12-25(33(40)41-4)19-29(27)34-32(31)39/h5-15,19,22H,16-18,20-21H2,1-4H3,(H,34,39)/b31-28+/i10D,11D,12D,13D,14D,15D,16D2,17D2,19D,20D2,21D2,22D. The third-order valence-corrected chi connectivity index (χ3v) is 6.31. The lowest BCUT2D eigenvalue weighted by molar-refractivity contribution is -0.120. The van der Waals surface area contributed by atoms with E-state index in [1.807, 2.05) is 0 Å². The van der Waals surface area contributed by atoms with Crippen LogP contribution in [0, 0.1) is 0 Å². The number of hydrogen-bond donors (Lipinski definition) is 1. The maximum absolute atomic E-state index is 14.0. The Morgan fingerprint density at radius 3 is 2.59 bits per heavy atom. The van der Waals surface area contributed by atoms with Crippen LogP contribution in [0.4, 0.5) is 11.4 Å². The van der Waals surface area contributed by atoms with Crippen molar-refractivity contribution in [3.8, 4) is 0 Å². The van der Waals surface area contributed by atoms with Crippen molar-refractivity contribution in [3.63, 3.8) is 0 Å². The SMILES string of the molecule is [2H]c1c([2H])c(N(C)C(=O)C([2H])([2H])N2C([2H])([2H])C([2H])([2H])N(C)C([2H])(C)C2([2H])[2H])c([2H])c([2H])c1C/C(=C1\C(=O)Nc2c([2H])c(C(=O)OC)c([2H])c([2H])c21)c1ccccc1. The molecule has 8 nitrogen and oxygen atoms in total. The number of piperazine rings is 1. The Kier molecular flexibility index (Phi) is 4.29. The molecule has 0 bridgehead atoms. The molecule has 2 heterocycles. The first-order valence-corrected chi connectivity index (χ1v) is 12.3. The van der Waals surface area contributed by atoms with Gasteiger partial charge in [-0.2, -0.15) is 0 Å². The number of nitrogens with zero attached hydrogens (tertiary/aromatic N) is 3. The molecule has 0 spiro atoms. The molecule has 2 aliphatic heterocycles. The summed E-state index contributed by atoms with van der Waals surface area (Å²) in [6, 6.07) is -0.113. The Balaban J connectivity index is 1.68. The number of benzene rings is 3. The van der Waals surface area contributed by atoms with E-state index in [0.717, 1.165) is 28.1 Å². The van der Waals surface area contributed by atoms with Gasteiger partial charge in [0, 0.05) is 59.1 Å². The predicted octanol–water partition coefficient (Wildman–Crippen LogP) is 4.18. The molecule has 0 aromatic heterocycles. The number of likely N-dealkylation sites (N-methyl/N-ethyl adjacent to an activating group) is 2. The number of anilines is 2. The van der Waals surface area contributed by atoms with E-state index in [2.05, 4.69) is 10.1 Å². The van der Waals surface area contributed by atoms with Gasteiger partial charge >= 0.3 is 5.97 Å². The van der Waals surface area contributed by atoms with E-state index in [4.69, 9.17) is 21.9 Å². The number of ether oxygens (including phenoxy) is 1. The molecule has 0 radical (unpaired) electrons. The molecule has 1 fully saturated rings. The van der Waals surface area contributed by atoms with Gasteiger partial charge in [0.05, 0.1) is 37.1 Å². The Hall–Kier alpha value is -4.27. The minimum Gasteiger partial charge on any atom is -0.465 e. The van der Waals surface area contributed by atoms with Crippen LogP contribution in [0.1, 0.15) is 55.9 Å². The van der Waals surface area contributed by atoms with Crippen LogP contribution < -0.4 is 10.2 Å².